The molecule has 0 aliphatic heterocycles. The van der Waals surface area contributed by atoms with Crippen molar-refractivity contribution in [3.8, 4) is 11.5 Å². The maximum atomic E-state index is 11.8. The number of ether oxygens (including phenoxy) is 1. The van der Waals surface area contributed by atoms with E-state index in [1.807, 2.05) is 54.6 Å². The Balaban J connectivity index is 2.09. The summed E-state index contributed by atoms with van der Waals surface area (Å²) in [4.78, 5) is 11.8. The minimum Gasteiger partial charge on any atom is -0.456 e. The van der Waals surface area contributed by atoms with Crippen molar-refractivity contribution in [1.82, 2.24) is 0 Å². The van der Waals surface area contributed by atoms with Gasteiger partial charge in [-0.25, -0.2) is 0 Å². The van der Waals surface area contributed by atoms with Crippen LogP contribution >= 0.6 is 15.9 Å². The van der Waals surface area contributed by atoms with Gasteiger partial charge in [-0.05, 0) is 36.6 Å². The van der Waals surface area contributed by atoms with Gasteiger partial charge in [-0.3, -0.25) is 4.79 Å². The van der Waals surface area contributed by atoms with Crippen molar-refractivity contribution in [3.05, 3.63) is 70.7 Å². The minimum absolute atomic E-state index is 0.0217. The number of benzene rings is 3. The van der Waals surface area contributed by atoms with Gasteiger partial charge in [-0.2, -0.15) is 0 Å². The molecule has 0 fully saturated rings. The van der Waals surface area contributed by atoms with E-state index in [1.165, 1.54) is 6.92 Å². The maximum absolute atomic E-state index is 11.8. The summed E-state index contributed by atoms with van der Waals surface area (Å²) in [5.41, 5.74) is 0.567. The smallest absolute Gasteiger partial charge is 0.163 e. The van der Waals surface area contributed by atoms with E-state index in [0.29, 0.717) is 11.3 Å². The van der Waals surface area contributed by atoms with Crippen LogP contribution in [0.1, 0.15) is 17.3 Å². The molecule has 0 amide bonds. The molecule has 21 heavy (non-hydrogen) atoms. The lowest BCUT2D eigenvalue weighted by Gasteiger charge is -2.12. The van der Waals surface area contributed by atoms with Crippen LogP contribution in [0.4, 0.5) is 0 Å². The highest BCUT2D eigenvalue weighted by Gasteiger charge is 2.11. The Hall–Kier alpha value is -2.13. The molecule has 0 saturated carbocycles. The summed E-state index contributed by atoms with van der Waals surface area (Å²) in [6.45, 7) is 1.54. The van der Waals surface area contributed by atoms with Crippen molar-refractivity contribution in [3.63, 3.8) is 0 Å². The number of hydrogen-bond acceptors (Lipinski definition) is 2. The Morgan fingerprint density at radius 1 is 0.952 bits per heavy atom. The normalized spacial score (nSPS) is 10.6. The molecule has 3 aromatic rings. The van der Waals surface area contributed by atoms with Gasteiger partial charge in [0.25, 0.3) is 0 Å². The van der Waals surface area contributed by atoms with Gasteiger partial charge in [0.1, 0.15) is 11.5 Å². The summed E-state index contributed by atoms with van der Waals surface area (Å²) in [7, 11) is 0. The number of fused-ring (bicyclic) bond motifs is 1. The topological polar surface area (TPSA) is 26.3 Å². The molecule has 104 valence electrons. The summed E-state index contributed by atoms with van der Waals surface area (Å²) in [6, 6.07) is 19.4. The molecule has 0 unspecified atom stereocenters. The third kappa shape index (κ3) is 2.83. The SMILES string of the molecule is CC(=O)c1cc(Br)ccc1Oc1cccc2ccccc12. The van der Waals surface area contributed by atoms with E-state index in [0.717, 1.165) is 21.0 Å². The van der Waals surface area contributed by atoms with E-state index in [2.05, 4.69) is 15.9 Å². The average molecular weight is 341 g/mol. The van der Waals surface area contributed by atoms with Crippen molar-refractivity contribution in [2.75, 3.05) is 0 Å². The molecule has 0 aliphatic carbocycles. The van der Waals surface area contributed by atoms with E-state index in [-0.39, 0.29) is 5.78 Å². The molecular weight excluding hydrogens is 328 g/mol. The van der Waals surface area contributed by atoms with Crippen LogP contribution < -0.4 is 4.74 Å². The lowest BCUT2D eigenvalue weighted by atomic mass is 10.1. The minimum atomic E-state index is -0.0217. The average Bonchev–Trinajstić information content (AvgIpc) is 2.49. The van der Waals surface area contributed by atoms with Crippen molar-refractivity contribution < 1.29 is 9.53 Å². The molecule has 0 radical (unpaired) electrons. The number of halogens is 1. The third-order valence-corrected chi connectivity index (χ3v) is 3.78. The quantitative estimate of drug-likeness (QED) is 0.580. The number of hydrogen-bond donors (Lipinski definition) is 0. The molecule has 3 rings (SSSR count). The van der Waals surface area contributed by atoms with Crippen LogP contribution in [0.5, 0.6) is 11.5 Å². The fourth-order valence-electron chi connectivity index (χ4n) is 2.27. The fraction of sp³-hybridized carbons (Fsp3) is 0.0556. The predicted molar refractivity (Wildman–Crippen MR) is 88.2 cm³/mol. The van der Waals surface area contributed by atoms with E-state index in [1.54, 1.807) is 6.07 Å². The molecule has 3 heteroatoms. The maximum Gasteiger partial charge on any atom is 0.163 e. The molecule has 0 saturated heterocycles. The van der Waals surface area contributed by atoms with Crippen molar-refractivity contribution in [2.24, 2.45) is 0 Å². The highest BCUT2D eigenvalue weighted by molar-refractivity contribution is 9.10. The first-order valence-corrected chi connectivity index (χ1v) is 7.40. The monoisotopic (exact) mass is 340 g/mol. The van der Waals surface area contributed by atoms with Crippen LogP contribution in [0.2, 0.25) is 0 Å². The number of ketones is 1. The Morgan fingerprint density at radius 3 is 2.52 bits per heavy atom. The van der Waals surface area contributed by atoms with Crippen LogP contribution in [0.15, 0.2) is 65.1 Å². The molecule has 0 spiro atoms. The second kappa shape index (κ2) is 5.70. The van der Waals surface area contributed by atoms with Gasteiger partial charge >= 0.3 is 0 Å². The van der Waals surface area contributed by atoms with Crippen LogP contribution in [0, 0.1) is 0 Å². The fourth-order valence-corrected chi connectivity index (χ4v) is 2.63. The first-order valence-electron chi connectivity index (χ1n) is 6.61. The van der Waals surface area contributed by atoms with Gasteiger partial charge in [-0.15, -0.1) is 0 Å². The summed E-state index contributed by atoms with van der Waals surface area (Å²) in [5.74, 6) is 1.30. The molecule has 0 N–H and O–H groups in total. The van der Waals surface area contributed by atoms with Crippen molar-refractivity contribution >= 4 is 32.5 Å². The number of carbonyl (C=O) groups is 1. The molecule has 3 aromatic carbocycles. The van der Waals surface area contributed by atoms with Crippen LogP contribution in [0.25, 0.3) is 10.8 Å². The third-order valence-electron chi connectivity index (χ3n) is 3.29. The Labute approximate surface area is 131 Å². The zero-order valence-electron chi connectivity index (χ0n) is 11.5. The number of carbonyl (C=O) groups excluding carboxylic acids is 1. The predicted octanol–water partition coefficient (Wildman–Crippen LogP) is 5.60. The molecule has 0 atom stereocenters. The first-order chi connectivity index (χ1) is 10.1. The Bertz CT molecular complexity index is 819. The molecule has 2 nitrogen and oxygen atoms in total. The largest absolute Gasteiger partial charge is 0.456 e. The molecule has 0 aromatic heterocycles. The van der Waals surface area contributed by atoms with Gasteiger partial charge in [0.15, 0.2) is 5.78 Å². The van der Waals surface area contributed by atoms with Gasteiger partial charge in [0.05, 0.1) is 5.56 Å². The number of rotatable bonds is 3. The number of Topliss-reactive ketones (excluding diaryl/α,β-unsaturated/α-hetero) is 1. The van der Waals surface area contributed by atoms with Crippen molar-refractivity contribution in [2.45, 2.75) is 6.92 Å². The molecule has 0 bridgehead atoms. The Kier molecular flexibility index (Phi) is 3.76. The van der Waals surface area contributed by atoms with Crippen molar-refractivity contribution in [1.29, 1.82) is 0 Å². The highest BCUT2D eigenvalue weighted by atomic mass is 79.9. The zero-order chi connectivity index (χ0) is 14.8. The van der Waals surface area contributed by atoms with Gasteiger partial charge in [0, 0.05) is 9.86 Å². The lowest BCUT2D eigenvalue weighted by molar-refractivity contribution is 0.101. The molecule has 0 heterocycles. The van der Waals surface area contributed by atoms with Crippen LogP contribution in [-0.2, 0) is 0 Å². The highest BCUT2D eigenvalue weighted by Crippen LogP contribution is 2.32. The van der Waals surface area contributed by atoms with Gasteiger partial charge in [-0.1, -0.05) is 52.3 Å². The first kappa shape index (κ1) is 13.8. The van der Waals surface area contributed by atoms with Gasteiger partial charge in [0.2, 0.25) is 0 Å². The van der Waals surface area contributed by atoms with E-state index in [4.69, 9.17) is 4.74 Å². The Morgan fingerprint density at radius 2 is 1.71 bits per heavy atom. The second-order valence-corrected chi connectivity index (χ2v) is 5.69. The van der Waals surface area contributed by atoms with Crippen LogP contribution in [0.3, 0.4) is 0 Å². The van der Waals surface area contributed by atoms with E-state index >= 15 is 0 Å². The molecule has 0 aliphatic rings. The zero-order valence-corrected chi connectivity index (χ0v) is 13.1. The standard InChI is InChI=1S/C18H13BrO2/c1-12(20)16-11-14(19)9-10-18(16)21-17-8-4-6-13-5-2-3-7-15(13)17/h2-11H,1H3. The van der Waals surface area contributed by atoms with E-state index in [9.17, 15) is 4.79 Å². The summed E-state index contributed by atoms with van der Waals surface area (Å²) >= 11 is 3.38. The van der Waals surface area contributed by atoms with E-state index < -0.39 is 0 Å². The molecular formula is C18H13BrO2. The second-order valence-electron chi connectivity index (χ2n) is 4.78. The summed E-state index contributed by atoms with van der Waals surface area (Å²) in [6.07, 6.45) is 0. The van der Waals surface area contributed by atoms with Crippen LogP contribution in [-0.4, -0.2) is 5.78 Å². The van der Waals surface area contributed by atoms with Gasteiger partial charge < -0.3 is 4.74 Å². The lowest BCUT2D eigenvalue weighted by Crippen LogP contribution is -1.97. The summed E-state index contributed by atoms with van der Waals surface area (Å²) in [5, 5.41) is 2.13. The summed E-state index contributed by atoms with van der Waals surface area (Å²) < 4.78 is 6.86.